The molecule has 3 aromatic heterocycles. The largest absolute Gasteiger partial charge is 0.311 e. The van der Waals surface area contributed by atoms with Gasteiger partial charge in [0.25, 0.3) is 0 Å². The van der Waals surface area contributed by atoms with Crippen molar-refractivity contribution in [2.24, 2.45) is 0 Å². The molecular weight excluding hydrogens is 334 g/mol. The number of hydrogen-bond donors (Lipinski definition) is 2. The summed E-state index contributed by atoms with van der Waals surface area (Å²) in [6.45, 7) is 4.37. The Kier molecular flexibility index (Phi) is 4.49. The van der Waals surface area contributed by atoms with Gasteiger partial charge < -0.3 is 5.32 Å². The minimum Gasteiger partial charge on any atom is -0.311 e. The summed E-state index contributed by atoms with van der Waals surface area (Å²) in [7, 11) is 0. The second-order valence-corrected chi connectivity index (χ2v) is 7.02. The number of halogens is 1. The Bertz CT molecular complexity index is 815. The quantitative estimate of drug-likeness (QED) is 0.742. The van der Waals surface area contributed by atoms with Crippen molar-refractivity contribution >= 4 is 34.7 Å². The summed E-state index contributed by atoms with van der Waals surface area (Å²) in [4.78, 5) is 13.4. The number of aryl methyl sites for hydroxylation is 2. The maximum atomic E-state index is 12.3. The minimum atomic E-state index is -0.0939. The summed E-state index contributed by atoms with van der Waals surface area (Å²) in [5.74, 6) is 0.571. The second kappa shape index (κ2) is 6.55. The smallest absolute Gasteiger partial charge is 0.230 e. The highest BCUT2D eigenvalue weighted by Crippen LogP contribution is 2.23. The predicted octanol–water partition coefficient (Wildman–Crippen LogP) is 3.17. The van der Waals surface area contributed by atoms with Gasteiger partial charge in [-0.1, -0.05) is 11.6 Å². The van der Waals surface area contributed by atoms with Crippen molar-refractivity contribution in [2.45, 2.75) is 26.8 Å². The van der Waals surface area contributed by atoms with Crippen LogP contribution in [-0.4, -0.2) is 25.9 Å². The molecule has 0 saturated carbocycles. The van der Waals surface area contributed by atoms with E-state index >= 15 is 0 Å². The zero-order valence-corrected chi connectivity index (χ0v) is 14.3. The Hall–Kier alpha value is -2.12. The second-order valence-electron chi connectivity index (χ2n) is 5.22. The topological polar surface area (TPSA) is 75.6 Å². The molecule has 2 N–H and O–H groups in total. The van der Waals surface area contributed by atoms with Crippen LogP contribution < -0.4 is 5.32 Å². The van der Waals surface area contributed by atoms with Crippen LogP contribution in [0.15, 0.2) is 24.4 Å². The van der Waals surface area contributed by atoms with Crippen molar-refractivity contribution in [3.8, 4) is 0 Å². The standard InChI is InChI=1S/C15H16ClN5OS/c1-9-12(10(2)20-19-9)7-15(22)18-14-5-6-17-21(14)8-11-3-4-13(16)23-11/h3-6H,7-8H2,1-2H3,(H,18,22)(H,19,20). The van der Waals surface area contributed by atoms with Crippen LogP contribution in [-0.2, 0) is 17.8 Å². The van der Waals surface area contributed by atoms with E-state index in [1.807, 2.05) is 26.0 Å². The molecule has 0 aliphatic rings. The Morgan fingerprint density at radius 1 is 1.39 bits per heavy atom. The lowest BCUT2D eigenvalue weighted by Gasteiger charge is -2.08. The first kappa shape index (κ1) is 15.8. The molecule has 0 atom stereocenters. The van der Waals surface area contributed by atoms with Crippen molar-refractivity contribution in [3.63, 3.8) is 0 Å². The molecule has 3 rings (SSSR count). The molecule has 0 bridgehead atoms. The van der Waals surface area contributed by atoms with E-state index in [4.69, 9.17) is 11.6 Å². The molecule has 0 saturated heterocycles. The van der Waals surface area contributed by atoms with Gasteiger partial charge in [-0.25, -0.2) is 4.68 Å². The molecule has 3 aromatic rings. The Balaban J connectivity index is 1.69. The number of carbonyl (C=O) groups is 1. The van der Waals surface area contributed by atoms with Gasteiger partial charge in [-0.05, 0) is 26.0 Å². The third-order valence-corrected chi connectivity index (χ3v) is 4.75. The van der Waals surface area contributed by atoms with Crippen LogP contribution >= 0.6 is 22.9 Å². The number of rotatable bonds is 5. The first-order valence-corrected chi connectivity index (χ1v) is 8.28. The maximum Gasteiger partial charge on any atom is 0.230 e. The first-order valence-electron chi connectivity index (χ1n) is 7.09. The van der Waals surface area contributed by atoms with Crippen molar-refractivity contribution in [1.82, 2.24) is 20.0 Å². The average Bonchev–Trinajstić information content (AvgIpc) is 3.18. The number of H-pyrrole nitrogens is 1. The summed E-state index contributed by atoms with van der Waals surface area (Å²) in [6, 6.07) is 5.59. The van der Waals surface area contributed by atoms with Gasteiger partial charge in [-0.15, -0.1) is 11.3 Å². The normalized spacial score (nSPS) is 10.9. The van der Waals surface area contributed by atoms with Gasteiger partial charge in [-0.3, -0.25) is 9.89 Å². The number of amides is 1. The highest BCUT2D eigenvalue weighted by Gasteiger charge is 2.13. The Morgan fingerprint density at radius 2 is 2.22 bits per heavy atom. The zero-order valence-electron chi connectivity index (χ0n) is 12.8. The van der Waals surface area contributed by atoms with Gasteiger partial charge >= 0.3 is 0 Å². The third kappa shape index (κ3) is 3.62. The number of thiophene rings is 1. The molecule has 0 aromatic carbocycles. The van der Waals surface area contributed by atoms with Crippen molar-refractivity contribution in [3.05, 3.63) is 50.6 Å². The van der Waals surface area contributed by atoms with Gasteiger partial charge in [0.1, 0.15) is 5.82 Å². The average molecular weight is 350 g/mol. The Morgan fingerprint density at radius 3 is 2.87 bits per heavy atom. The van der Waals surface area contributed by atoms with E-state index in [0.717, 1.165) is 26.2 Å². The fourth-order valence-corrected chi connectivity index (χ4v) is 3.40. The van der Waals surface area contributed by atoms with Gasteiger partial charge in [0.2, 0.25) is 5.91 Å². The summed E-state index contributed by atoms with van der Waals surface area (Å²) in [5, 5.41) is 14.2. The van der Waals surface area contributed by atoms with Crippen LogP contribution in [0.25, 0.3) is 0 Å². The van der Waals surface area contributed by atoms with Crippen molar-refractivity contribution < 1.29 is 4.79 Å². The van der Waals surface area contributed by atoms with Crippen LogP contribution in [0, 0.1) is 13.8 Å². The number of nitrogens with zero attached hydrogens (tertiary/aromatic N) is 3. The van der Waals surface area contributed by atoms with Gasteiger partial charge in [0.05, 0.1) is 29.2 Å². The molecule has 120 valence electrons. The molecular formula is C15H16ClN5OS. The molecule has 0 radical (unpaired) electrons. The summed E-state index contributed by atoms with van der Waals surface area (Å²) < 4.78 is 2.48. The van der Waals surface area contributed by atoms with Crippen molar-refractivity contribution in [2.75, 3.05) is 5.32 Å². The third-order valence-electron chi connectivity index (χ3n) is 3.54. The summed E-state index contributed by atoms with van der Waals surface area (Å²) in [5.41, 5.74) is 2.69. The van der Waals surface area contributed by atoms with Crippen LogP contribution in [0.4, 0.5) is 5.82 Å². The molecule has 6 nitrogen and oxygen atoms in total. The van der Waals surface area contributed by atoms with Gasteiger partial charge in [0.15, 0.2) is 0 Å². The molecule has 0 aliphatic heterocycles. The van der Waals surface area contributed by atoms with E-state index in [0.29, 0.717) is 12.4 Å². The predicted molar refractivity (Wildman–Crippen MR) is 91.1 cm³/mol. The monoisotopic (exact) mass is 349 g/mol. The Labute approximate surface area is 142 Å². The summed E-state index contributed by atoms with van der Waals surface area (Å²) in [6.07, 6.45) is 1.95. The number of carbonyl (C=O) groups excluding carboxylic acids is 1. The highest BCUT2D eigenvalue weighted by atomic mass is 35.5. The molecule has 3 heterocycles. The first-order chi connectivity index (χ1) is 11.0. The van der Waals surface area contributed by atoms with Gasteiger partial charge in [-0.2, -0.15) is 10.2 Å². The maximum absolute atomic E-state index is 12.3. The van der Waals surface area contributed by atoms with Crippen LogP contribution in [0.2, 0.25) is 4.34 Å². The van der Waals surface area contributed by atoms with E-state index in [1.54, 1.807) is 16.9 Å². The van der Waals surface area contributed by atoms with E-state index in [9.17, 15) is 4.79 Å². The SMILES string of the molecule is Cc1n[nH]c(C)c1CC(=O)Nc1ccnn1Cc1ccc(Cl)s1. The number of anilines is 1. The molecule has 8 heteroatoms. The van der Waals surface area contributed by atoms with E-state index < -0.39 is 0 Å². The van der Waals surface area contributed by atoms with E-state index in [2.05, 4.69) is 20.6 Å². The summed E-state index contributed by atoms with van der Waals surface area (Å²) >= 11 is 7.44. The van der Waals surface area contributed by atoms with Crippen molar-refractivity contribution in [1.29, 1.82) is 0 Å². The lowest BCUT2D eigenvalue weighted by molar-refractivity contribution is -0.115. The number of aromatic nitrogens is 4. The number of aromatic amines is 1. The fourth-order valence-electron chi connectivity index (χ4n) is 2.33. The highest BCUT2D eigenvalue weighted by molar-refractivity contribution is 7.16. The fraction of sp³-hybridized carbons (Fsp3) is 0.267. The minimum absolute atomic E-state index is 0.0939. The molecule has 23 heavy (non-hydrogen) atoms. The van der Waals surface area contributed by atoms with E-state index in [-0.39, 0.29) is 12.3 Å². The molecule has 0 unspecified atom stereocenters. The lowest BCUT2D eigenvalue weighted by atomic mass is 10.1. The number of nitrogens with one attached hydrogen (secondary N) is 2. The zero-order chi connectivity index (χ0) is 16.4. The lowest BCUT2D eigenvalue weighted by Crippen LogP contribution is -2.18. The van der Waals surface area contributed by atoms with Crippen LogP contribution in [0.5, 0.6) is 0 Å². The van der Waals surface area contributed by atoms with E-state index in [1.165, 1.54) is 11.3 Å². The molecule has 1 amide bonds. The van der Waals surface area contributed by atoms with Crippen LogP contribution in [0.3, 0.4) is 0 Å². The van der Waals surface area contributed by atoms with Gasteiger partial charge in [0, 0.05) is 22.2 Å². The number of hydrogen-bond acceptors (Lipinski definition) is 4. The van der Waals surface area contributed by atoms with Crippen LogP contribution in [0.1, 0.15) is 21.8 Å². The molecule has 0 aliphatic carbocycles. The molecule has 0 spiro atoms. The molecule has 0 fully saturated rings.